The zero-order valence-corrected chi connectivity index (χ0v) is 16.0. The summed E-state index contributed by atoms with van der Waals surface area (Å²) in [4.78, 5) is 16.1. The lowest BCUT2D eigenvalue weighted by molar-refractivity contribution is -0.116. The van der Waals surface area contributed by atoms with E-state index in [0.29, 0.717) is 13.2 Å². The number of ether oxygens (including phenoxy) is 1. The molecule has 1 heterocycles. The van der Waals surface area contributed by atoms with E-state index in [2.05, 4.69) is 21.4 Å². The fraction of sp³-hybridized carbons (Fsp3) is 0.238. The van der Waals surface area contributed by atoms with Crippen molar-refractivity contribution in [3.8, 4) is 5.75 Å². The van der Waals surface area contributed by atoms with Gasteiger partial charge in [0.1, 0.15) is 11.6 Å². The first kappa shape index (κ1) is 19.0. The molecule has 0 saturated heterocycles. The van der Waals surface area contributed by atoms with E-state index in [-0.39, 0.29) is 5.91 Å². The van der Waals surface area contributed by atoms with Crippen molar-refractivity contribution in [3.05, 3.63) is 71.5 Å². The van der Waals surface area contributed by atoms with Crippen LogP contribution in [-0.2, 0) is 17.9 Å². The van der Waals surface area contributed by atoms with E-state index in [0.717, 1.165) is 46.2 Å². The number of nitrogens with zero attached hydrogens (tertiary/aromatic N) is 2. The molecule has 0 spiro atoms. The van der Waals surface area contributed by atoms with E-state index < -0.39 is 0 Å². The average Bonchev–Trinajstić information content (AvgIpc) is 3.03. The smallest absolute Gasteiger partial charge is 0.243 e. The Labute approximate surface area is 163 Å². The number of carbonyl (C=O) groups is 1. The maximum Gasteiger partial charge on any atom is 0.243 e. The van der Waals surface area contributed by atoms with E-state index in [1.807, 2.05) is 49.4 Å². The van der Waals surface area contributed by atoms with Crippen LogP contribution in [0.4, 0.5) is 0 Å². The Kier molecular flexibility index (Phi) is 6.14. The van der Waals surface area contributed by atoms with Crippen LogP contribution in [0.1, 0.15) is 17.8 Å². The zero-order chi connectivity index (χ0) is 19.2. The van der Waals surface area contributed by atoms with Gasteiger partial charge >= 0.3 is 0 Å². The summed E-state index contributed by atoms with van der Waals surface area (Å²) < 4.78 is 7.95. The Morgan fingerprint density at radius 3 is 2.93 bits per heavy atom. The summed E-state index contributed by atoms with van der Waals surface area (Å²) in [5, 5.41) is 3.53. The summed E-state index contributed by atoms with van der Waals surface area (Å²) in [6.45, 7) is 7.11. The fourth-order valence-corrected chi connectivity index (χ4v) is 2.99. The largest absolute Gasteiger partial charge is 0.494 e. The highest BCUT2D eigenvalue weighted by Gasteiger charge is 2.11. The first-order chi connectivity index (χ1) is 13.1. The molecule has 0 saturated carbocycles. The van der Waals surface area contributed by atoms with Gasteiger partial charge in [0, 0.05) is 11.6 Å². The van der Waals surface area contributed by atoms with Gasteiger partial charge in [-0.05, 0) is 55.3 Å². The molecule has 140 valence electrons. The van der Waals surface area contributed by atoms with Crippen LogP contribution < -0.4 is 10.1 Å². The lowest BCUT2D eigenvalue weighted by Crippen LogP contribution is -2.22. The van der Waals surface area contributed by atoms with Gasteiger partial charge in [0.15, 0.2) is 0 Å². The summed E-state index contributed by atoms with van der Waals surface area (Å²) >= 11 is 6.04. The molecule has 0 radical (unpaired) electrons. The zero-order valence-electron chi connectivity index (χ0n) is 15.2. The van der Waals surface area contributed by atoms with Crippen molar-refractivity contribution in [1.29, 1.82) is 0 Å². The number of aromatic nitrogens is 2. The number of rotatable bonds is 8. The highest BCUT2D eigenvalue weighted by molar-refractivity contribution is 6.31. The number of amides is 1. The number of hydrogen-bond donors (Lipinski definition) is 1. The lowest BCUT2D eigenvalue weighted by atomic mass is 10.2. The normalized spacial score (nSPS) is 10.7. The molecule has 0 atom stereocenters. The molecule has 0 aliphatic rings. The van der Waals surface area contributed by atoms with Gasteiger partial charge in [0.05, 0.1) is 24.2 Å². The van der Waals surface area contributed by atoms with E-state index in [1.54, 1.807) is 0 Å². The van der Waals surface area contributed by atoms with E-state index >= 15 is 0 Å². The maximum atomic E-state index is 11.5. The third-order valence-electron chi connectivity index (χ3n) is 4.26. The second-order valence-electron chi connectivity index (χ2n) is 6.20. The van der Waals surface area contributed by atoms with Gasteiger partial charge in [-0.2, -0.15) is 0 Å². The molecule has 2 aromatic carbocycles. The van der Waals surface area contributed by atoms with Crippen LogP contribution in [0.5, 0.6) is 5.75 Å². The van der Waals surface area contributed by atoms with Gasteiger partial charge in [-0.1, -0.05) is 30.3 Å². The Hall–Kier alpha value is -2.79. The number of aryl methyl sites for hydroxylation is 2. The Balaban J connectivity index is 1.66. The first-order valence-electron chi connectivity index (χ1n) is 8.82. The molecule has 0 bridgehead atoms. The molecular weight excluding hydrogens is 362 g/mol. The van der Waals surface area contributed by atoms with Crippen molar-refractivity contribution in [1.82, 2.24) is 14.9 Å². The van der Waals surface area contributed by atoms with E-state index in [4.69, 9.17) is 16.3 Å². The Morgan fingerprint density at radius 1 is 1.33 bits per heavy atom. The average molecular weight is 384 g/mol. The second-order valence-corrected chi connectivity index (χ2v) is 6.61. The minimum atomic E-state index is -0.213. The Morgan fingerprint density at radius 2 is 2.15 bits per heavy atom. The van der Waals surface area contributed by atoms with E-state index in [9.17, 15) is 4.79 Å². The molecule has 0 aliphatic carbocycles. The molecule has 1 aromatic heterocycles. The van der Waals surface area contributed by atoms with Crippen LogP contribution >= 0.6 is 11.6 Å². The van der Waals surface area contributed by atoms with Crippen molar-refractivity contribution < 1.29 is 9.53 Å². The minimum absolute atomic E-state index is 0.213. The summed E-state index contributed by atoms with van der Waals surface area (Å²) in [6.07, 6.45) is 2.07. The van der Waals surface area contributed by atoms with Crippen LogP contribution in [0.3, 0.4) is 0 Å². The standard InChI is InChI=1S/C21H22ClN3O2/c1-3-21(26)23-14-20-24-18-7-4-5-8-19(18)25(20)11-6-12-27-16-9-10-17(22)15(2)13-16/h3-5,7-10,13H,1,6,11-12,14H2,2H3,(H,23,26). The molecule has 27 heavy (non-hydrogen) atoms. The molecule has 6 heteroatoms. The van der Waals surface area contributed by atoms with Gasteiger partial charge in [0.2, 0.25) is 5.91 Å². The topological polar surface area (TPSA) is 56.2 Å². The molecule has 0 aliphatic heterocycles. The first-order valence-corrected chi connectivity index (χ1v) is 9.19. The van der Waals surface area contributed by atoms with Crippen molar-refractivity contribution in [2.75, 3.05) is 6.61 Å². The molecule has 0 fully saturated rings. The van der Waals surface area contributed by atoms with Gasteiger partial charge < -0.3 is 14.6 Å². The molecule has 5 nitrogen and oxygen atoms in total. The predicted octanol–water partition coefficient (Wildman–Crippen LogP) is 4.27. The van der Waals surface area contributed by atoms with E-state index in [1.165, 1.54) is 6.08 Å². The maximum absolute atomic E-state index is 11.5. The number of carbonyl (C=O) groups excluding carboxylic acids is 1. The van der Waals surface area contributed by atoms with Crippen LogP contribution in [0.2, 0.25) is 5.02 Å². The number of fused-ring (bicyclic) bond motifs is 1. The molecule has 3 rings (SSSR count). The third kappa shape index (κ3) is 4.68. The van der Waals surface area contributed by atoms with Crippen LogP contribution in [0, 0.1) is 6.92 Å². The van der Waals surface area contributed by atoms with Crippen molar-refractivity contribution in [3.63, 3.8) is 0 Å². The highest BCUT2D eigenvalue weighted by Crippen LogP contribution is 2.21. The monoisotopic (exact) mass is 383 g/mol. The summed E-state index contributed by atoms with van der Waals surface area (Å²) in [7, 11) is 0. The van der Waals surface area contributed by atoms with Crippen molar-refractivity contribution in [2.45, 2.75) is 26.4 Å². The lowest BCUT2D eigenvalue weighted by Gasteiger charge is -2.11. The van der Waals surface area contributed by atoms with Crippen molar-refractivity contribution in [2.24, 2.45) is 0 Å². The van der Waals surface area contributed by atoms with Gasteiger partial charge in [-0.15, -0.1) is 0 Å². The number of benzene rings is 2. The Bertz CT molecular complexity index is 965. The van der Waals surface area contributed by atoms with Crippen LogP contribution in [0.15, 0.2) is 55.1 Å². The van der Waals surface area contributed by atoms with Gasteiger partial charge in [-0.25, -0.2) is 4.98 Å². The fourth-order valence-electron chi connectivity index (χ4n) is 2.87. The molecule has 0 unspecified atom stereocenters. The molecule has 3 aromatic rings. The molecule has 1 amide bonds. The van der Waals surface area contributed by atoms with Crippen LogP contribution in [-0.4, -0.2) is 22.1 Å². The molecular formula is C21H22ClN3O2. The minimum Gasteiger partial charge on any atom is -0.494 e. The third-order valence-corrected chi connectivity index (χ3v) is 4.69. The number of imidazole rings is 1. The van der Waals surface area contributed by atoms with Gasteiger partial charge in [-0.3, -0.25) is 4.79 Å². The highest BCUT2D eigenvalue weighted by atomic mass is 35.5. The predicted molar refractivity (Wildman–Crippen MR) is 108 cm³/mol. The number of para-hydroxylation sites is 2. The summed E-state index contributed by atoms with van der Waals surface area (Å²) in [6, 6.07) is 13.6. The van der Waals surface area contributed by atoms with Gasteiger partial charge in [0.25, 0.3) is 0 Å². The quantitative estimate of drug-likeness (QED) is 0.467. The molecule has 1 N–H and O–H groups in total. The second kappa shape index (κ2) is 8.73. The number of nitrogens with one attached hydrogen (secondary N) is 1. The summed E-state index contributed by atoms with van der Waals surface area (Å²) in [5.74, 6) is 1.41. The van der Waals surface area contributed by atoms with Crippen molar-refractivity contribution >= 4 is 28.5 Å². The van der Waals surface area contributed by atoms with Crippen LogP contribution in [0.25, 0.3) is 11.0 Å². The number of halogens is 1. The number of hydrogen-bond acceptors (Lipinski definition) is 3. The summed E-state index contributed by atoms with van der Waals surface area (Å²) in [5.41, 5.74) is 2.95. The SMILES string of the molecule is C=CC(=O)NCc1nc2ccccc2n1CCCOc1ccc(Cl)c(C)c1.